The van der Waals surface area contributed by atoms with Gasteiger partial charge in [0.2, 0.25) is 5.88 Å². The van der Waals surface area contributed by atoms with Crippen LogP contribution in [0.15, 0.2) is 40.9 Å². The Morgan fingerprint density at radius 2 is 2.06 bits per heavy atom. The summed E-state index contributed by atoms with van der Waals surface area (Å²) in [5.41, 5.74) is 1.04. The van der Waals surface area contributed by atoms with Crippen LogP contribution in [0.5, 0.6) is 11.6 Å². The highest BCUT2D eigenvalue weighted by atomic mass is 79.9. The summed E-state index contributed by atoms with van der Waals surface area (Å²) in [7, 11) is 0. The molecule has 0 spiro atoms. The van der Waals surface area contributed by atoms with Gasteiger partial charge in [0.1, 0.15) is 10.9 Å². The molecule has 0 amide bonds. The van der Waals surface area contributed by atoms with E-state index >= 15 is 0 Å². The van der Waals surface area contributed by atoms with Crippen molar-refractivity contribution in [3.8, 4) is 11.6 Å². The number of pyridine rings is 1. The largest absolute Gasteiger partial charge is 0.439 e. The van der Waals surface area contributed by atoms with Crippen molar-refractivity contribution in [2.45, 2.75) is 6.92 Å². The van der Waals surface area contributed by atoms with Crippen molar-refractivity contribution < 1.29 is 4.74 Å². The Balaban J connectivity index is 2.27. The summed E-state index contributed by atoms with van der Waals surface area (Å²) in [5, 5.41) is 0.423. The van der Waals surface area contributed by atoms with Gasteiger partial charge in [-0.3, -0.25) is 0 Å². The molecular weight excluding hydrogens is 289 g/mol. The Bertz CT molecular complexity index is 516. The summed E-state index contributed by atoms with van der Waals surface area (Å²) in [6.07, 6.45) is 0. The highest BCUT2D eigenvalue weighted by Gasteiger charge is 2.03. The van der Waals surface area contributed by atoms with Crippen molar-refractivity contribution in [2.75, 3.05) is 0 Å². The molecule has 0 bridgehead atoms. The van der Waals surface area contributed by atoms with Gasteiger partial charge in [-0.1, -0.05) is 33.6 Å². The molecule has 2 aromatic rings. The summed E-state index contributed by atoms with van der Waals surface area (Å²) in [6, 6.07) is 11.1. The monoisotopic (exact) mass is 297 g/mol. The quantitative estimate of drug-likeness (QED) is 0.756. The highest BCUT2D eigenvalue weighted by molar-refractivity contribution is 9.10. The highest BCUT2D eigenvalue weighted by Crippen LogP contribution is 2.26. The Morgan fingerprint density at radius 1 is 1.25 bits per heavy atom. The molecule has 1 aromatic carbocycles. The van der Waals surface area contributed by atoms with E-state index in [0.717, 1.165) is 15.8 Å². The summed E-state index contributed by atoms with van der Waals surface area (Å²) < 4.78 is 6.65. The SMILES string of the molecule is Cc1cc(Br)ccc1Oc1cccc(Cl)n1. The molecule has 0 radical (unpaired) electrons. The third kappa shape index (κ3) is 2.74. The van der Waals surface area contributed by atoms with Crippen molar-refractivity contribution in [3.05, 3.63) is 51.6 Å². The number of hydrogen-bond donors (Lipinski definition) is 0. The zero-order valence-electron chi connectivity index (χ0n) is 8.58. The molecule has 0 N–H and O–H groups in total. The van der Waals surface area contributed by atoms with Gasteiger partial charge in [-0.15, -0.1) is 0 Å². The first-order chi connectivity index (χ1) is 7.65. The second-order valence-corrected chi connectivity index (χ2v) is 4.61. The first-order valence-corrected chi connectivity index (χ1v) is 5.89. The fourth-order valence-electron chi connectivity index (χ4n) is 1.29. The Labute approximate surface area is 107 Å². The van der Waals surface area contributed by atoms with Gasteiger partial charge in [0.05, 0.1) is 0 Å². The fraction of sp³-hybridized carbons (Fsp3) is 0.0833. The van der Waals surface area contributed by atoms with E-state index < -0.39 is 0 Å². The molecule has 16 heavy (non-hydrogen) atoms. The molecule has 0 fully saturated rings. The third-order valence-electron chi connectivity index (χ3n) is 2.04. The van der Waals surface area contributed by atoms with Gasteiger partial charge < -0.3 is 4.74 Å². The maximum absolute atomic E-state index is 5.78. The average molecular weight is 299 g/mol. The van der Waals surface area contributed by atoms with Crippen LogP contribution in [0.3, 0.4) is 0 Å². The Morgan fingerprint density at radius 3 is 2.75 bits per heavy atom. The standard InChI is InChI=1S/C12H9BrClNO/c1-8-7-9(13)5-6-10(8)16-12-4-2-3-11(14)15-12/h2-7H,1H3. The summed E-state index contributed by atoms with van der Waals surface area (Å²) >= 11 is 9.18. The minimum atomic E-state index is 0.423. The molecule has 0 atom stereocenters. The van der Waals surface area contributed by atoms with E-state index in [4.69, 9.17) is 16.3 Å². The first-order valence-electron chi connectivity index (χ1n) is 4.72. The number of aromatic nitrogens is 1. The minimum Gasteiger partial charge on any atom is -0.439 e. The van der Waals surface area contributed by atoms with Crippen molar-refractivity contribution in [2.24, 2.45) is 0 Å². The normalized spacial score (nSPS) is 10.2. The fourth-order valence-corrected chi connectivity index (χ4v) is 1.92. The first kappa shape index (κ1) is 11.4. The second kappa shape index (κ2) is 4.85. The lowest BCUT2D eigenvalue weighted by Gasteiger charge is -2.07. The van der Waals surface area contributed by atoms with E-state index in [1.165, 1.54) is 0 Å². The molecule has 0 aliphatic rings. The van der Waals surface area contributed by atoms with Crippen LogP contribution in [0.25, 0.3) is 0 Å². The van der Waals surface area contributed by atoms with E-state index in [1.807, 2.05) is 25.1 Å². The zero-order valence-corrected chi connectivity index (χ0v) is 10.9. The third-order valence-corrected chi connectivity index (χ3v) is 2.74. The second-order valence-electron chi connectivity index (χ2n) is 3.31. The van der Waals surface area contributed by atoms with E-state index in [-0.39, 0.29) is 0 Å². The summed E-state index contributed by atoms with van der Waals surface area (Å²) in [6.45, 7) is 1.98. The number of benzene rings is 1. The van der Waals surface area contributed by atoms with Gasteiger partial charge in [0.15, 0.2) is 0 Å². The topological polar surface area (TPSA) is 22.1 Å². The van der Waals surface area contributed by atoms with Crippen molar-refractivity contribution in [1.82, 2.24) is 4.98 Å². The van der Waals surface area contributed by atoms with Crippen molar-refractivity contribution in [3.63, 3.8) is 0 Å². The van der Waals surface area contributed by atoms with E-state index in [0.29, 0.717) is 11.0 Å². The van der Waals surface area contributed by atoms with Crippen LogP contribution in [0.2, 0.25) is 5.15 Å². The van der Waals surface area contributed by atoms with Gasteiger partial charge in [-0.25, -0.2) is 4.98 Å². The molecule has 1 aromatic heterocycles. The summed E-state index contributed by atoms with van der Waals surface area (Å²) in [5.74, 6) is 1.27. The van der Waals surface area contributed by atoms with Gasteiger partial charge in [-0.2, -0.15) is 0 Å². The molecular formula is C12H9BrClNO. The molecule has 1 heterocycles. The lowest BCUT2D eigenvalue weighted by atomic mass is 10.2. The van der Waals surface area contributed by atoms with Crippen LogP contribution in [0.4, 0.5) is 0 Å². The van der Waals surface area contributed by atoms with Gasteiger partial charge in [-0.05, 0) is 36.8 Å². The van der Waals surface area contributed by atoms with Crippen LogP contribution in [-0.2, 0) is 0 Å². The Kier molecular flexibility index (Phi) is 3.46. The minimum absolute atomic E-state index is 0.423. The van der Waals surface area contributed by atoms with E-state index in [2.05, 4.69) is 20.9 Å². The van der Waals surface area contributed by atoms with Crippen LogP contribution >= 0.6 is 27.5 Å². The van der Waals surface area contributed by atoms with Gasteiger partial charge in [0, 0.05) is 10.5 Å². The van der Waals surface area contributed by atoms with Crippen molar-refractivity contribution in [1.29, 1.82) is 0 Å². The Hall–Kier alpha value is -1.06. The number of halogens is 2. The zero-order chi connectivity index (χ0) is 11.5. The van der Waals surface area contributed by atoms with Crippen LogP contribution < -0.4 is 4.74 Å². The predicted molar refractivity (Wildman–Crippen MR) is 68.2 cm³/mol. The number of rotatable bonds is 2. The number of nitrogens with zero attached hydrogens (tertiary/aromatic N) is 1. The number of hydrogen-bond acceptors (Lipinski definition) is 2. The molecule has 0 saturated carbocycles. The maximum Gasteiger partial charge on any atom is 0.220 e. The molecule has 2 nitrogen and oxygen atoms in total. The van der Waals surface area contributed by atoms with Crippen molar-refractivity contribution >= 4 is 27.5 Å². The average Bonchev–Trinajstić information content (AvgIpc) is 2.22. The van der Waals surface area contributed by atoms with E-state index in [9.17, 15) is 0 Å². The van der Waals surface area contributed by atoms with Crippen LogP contribution in [0.1, 0.15) is 5.56 Å². The molecule has 4 heteroatoms. The van der Waals surface area contributed by atoms with Crippen LogP contribution in [0, 0.1) is 6.92 Å². The lowest BCUT2D eigenvalue weighted by Crippen LogP contribution is -1.90. The molecule has 0 aliphatic carbocycles. The maximum atomic E-state index is 5.78. The lowest BCUT2D eigenvalue weighted by molar-refractivity contribution is 0.459. The van der Waals surface area contributed by atoms with Gasteiger partial charge in [0.25, 0.3) is 0 Å². The molecule has 82 valence electrons. The smallest absolute Gasteiger partial charge is 0.220 e. The molecule has 0 saturated heterocycles. The number of ether oxygens (including phenoxy) is 1. The number of aryl methyl sites for hydroxylation is 1. The molecule has 0 aliphatic heterocycles. The van der Waals surface area contributed by atoms with Crippen LogP contribution in [-0.4, -0.2) is 4.98 Å². The van der Waals surface area contributed by atoms with Gasteiger partial charge >= 0.3 is 0 Å². The summed E-state index contributed by atoms with van der Waals surface area (Å²) in [4.78, 5) is 4.06. The van der Waals surface area contributed by atoms with E-state index in [1.54, 1.807) is 18.2 Å². The molecule has 2 rings (SSSR count). The molecule has 0 unspecified atom stereocenters. The predicted octanol–water partition coefficient (Wildman–Crippen LogP) is 4.60.